The summed E-state index contributed by atoms with van der Waals surface area (Å²) >= 11 is 0. The average molecular weight is 479 g/mol. The number of guanidine groups is 1. The van der Waals surface area contributed by atoms with E-state index >= 15 is 0 Å². The van der Waals surface area contributed by atoms with Gasteiger partial charge in [0.05, 0.1) is 19.8 Å². The van der Waals surface area contributed by atoms with Crippen LogP contribution in [0.5, 0.6) is 0 Å². The summed E-state index contributed by atoms with van der Waals surface area (Å²) in [6.07, 6.45) is 5.92. The van der Waals surface area contributed by atoms with E-state index < -0.39 is 0 Å². The molecule has 2 aliphatic heterocycles. The van der Waals surface area contributed by atoms with Gasteiger partial charge in [-0.1, -0.05) is 19.3 Å². The fraction of sp³-hybridized carbons (Fsp3) is 0.889. The summed E-state index contributed by atoms with van der Waals surface area (Å²) in [4.78, 5) is 23.7. The third kappa shape index (κ3) is 6.23. The van der Waals surface area contributed by atoms with E-state index in [1.807, 2.05) is 0 Å². The van der Waals surface area contributed by atoms with Gasteiger partial charge in [-0.25, -0.2) is 0 Å². The van der Waals surface area contributed by atoms with Gasteiger partial charge in [0.15, 0.2) is 5.96 Å². The van der Waals surface area contributed by atoms with Crippen LogP contribution in [0.25, 0.3) is 0 Å². The summed E-state index contributed by atoms with van der Waals surface area (Å²) in [6.45, 7) is 8.37. The van der Waals surface area contributed by atoms with Crippen LogP contribution in [0.1, 0.15) is 32.1 Å². The van der Waals surface area contributed by atoms with Crippen LogP contribution >= 0.6 is 24.0 Å². The minimum Gasteiger partial charge on any atom is -0.378 e. The van der Waals surface area contributed by atoms with Crippen LogP contribution in [0.4, 0.5) is 0 Å². The number of morpholine rings is 1. The van der Waals surface area contributed by atoms with Crippen LogP contribution in [0, 0.1) is 5.92 Å². The summed E-state index contributed by atoms with van der Waals surface area (Å²) in [6, 6.07) is 0. The van der Waals surface area contributed by atoms with Crippen molar-refractivity contribution in [3.8, 4) is 0 Å². The van der Waals surface area contributed by atoms with E-state index in [0.29, 0.717) is 17.8 Å². The van der Waals surface area contributed by atoms with E-state index in [1.54, 1.807) is 0 Å². The fourth-order valence-corrected chi connectivity index (χ4v) is 4.00. The van der Waals surface area contributed by atoms with Gasteiger partial charge < -0.3 is 20.3 Å². The molecule has 2 heterocycles. The van der Waals surface area contributed by atoms with Gasteiger partial charge in [0, 0.05) is 51.7 Å². The summed E-state index contributed by atoms with van der Waals surface area (Å²) in [5.74, 6) is 1.32. The molecule has 1 amide bonds. The molecule has 0 bridgehead atoms. The van der Waals surface area contributed by atoms with Gasteiger partial charge in [0.1, 0.15) is 0 Å². The predicted octanol–water partition coefficient (Wildman–Crippen LogP) is 0.976. The molecule has 3 fully saturated rings. The Bertz CT molecular complexity index is 456. The van der Waals surface area contributed by atoms with Crippen molar-refractivity contribution in [2.45, 2.75) is 32.1 Å². The zero-order valence-corrected chi connectivity index (χ0v) is 18.1. The fourth-order valence-electron chi connectivity index (χ4n) is 4.00. The number of hydrogen-bond donors (Lipinski definition) is 1. The lowest BCUT2D eigenvalue weighted by Crippen LogP contribution is -2.51. The van der Waals surface area contributed by atoms with Crippen molar-refractivity contribution in [2.24, 2.45) is 16.6 Å². The van der Waals surface area contributed by atoms with Crippen molar-refractivity contribution in [1.29, 1.82) is 0 Å². The van der Waals surface area contributed by atoms with E-state index in [1.165, 1.54) is 19.3 Å². The zero-order valence-electron chi connectivity index (χ0n) is 15.8. The minimum atomic E-state index is 0. The van der Waals surface area contributed by atoms with Crippen LogP contribution in [0.3, 0.4) is 0 Å². The maximum absolute atomic E-state index is 12.6. The molecular formula is C18H34IN5O2. The first-order valence-corrected chi connectivity index (χ1v) is 9.88. The molecule has 0 aromatic rings. The highest BCUT2D eigenvalue weighted by Gasteiger charge is 2.28. The molecule has 8 heteroatoms. The normalized spacial score (nSPS) is 23.6. The molecule has 26 heavy (non-hydrogen) atoms. The van der Waals surface area contributed by atoms with E-state index in [0.717, 1.165) is 78.4 Å². The number of piperazine rings is 1. The standard InChI is InChI=1S/C18H33N5O2.HI/c19-18(23-12-14-25-15-13-23)20-6-7-21-8-10-22(11-9-21)17(24)16-4-2-1-3-5-16;/h16H,1-15H2,(H2,19,20);1H. The first-order valence-electron chi connectivity index (χ1n) is 9.88. The lowest BCUT2D eigenvalue weighted by atomic mass is 9.88. The molecule has 0 aromatic carbocycles. The number of amides is 1. The lowest BCUT2D eigenvalue weighted by Gasteiger charge is -2.37. The first kappa shape index (κ1) is 21.7. The van der Waals surface area contributed by atoms with Crippen molar-refractivity contribution in [3.05, 3.63) is 0 Å². The quantitative estimate of drug-likeness (QED) is 0.370. The number of nitrogens with two attached hydrogens (primary N) is 1. The van der Waals surface area contributed by atoms with Crippen molar-refractivity contribution in [1.82, 2.24) is 14.7 Å². The number of hydrogen-bond acceptors (Lipinski definition) is 4. The number of carbonyl (C=O) groups is 1. The number of rotatable bonds is 4. The van der Waals surface area contributed by atoms with Gasteiger partial charge in [0.2, 0.25) is 5.91 Å². The number of ether oxygens (including phenoxy) is 1. The highest BCUT2D eigenvalue weighted by molar-refractivity contribution is 14.0. The van der Waals surface area contributed by atoms with E-state index in [-0.39, 0.29) is 24.0 Å². The lowest BCUT2D eigenvalue weighted by molar-refractivity contribution is -0.138. The molecule has 0 aromatic heterocycles. The van der Waals surface area contributed by atoms with Gasteiger partial charge in [-0.15, -0.1) is 24.0 Å². The van der Waals surface area contributed by atoms with Gasteiger partial charge >= 0.3 is 0 Å². The zero-order chi connectivity index (χ0) is 17.5. The average Bonchev–Trinajstić information content (AvgIpc) is 2.69. The second kappa shape index (κ2) is 11.3. The van der Waals surface area contributed by atoms with Gasteiger partial charge in [-0.3, -0.25) is 14.7 Å². The second-order valence-electron chi connectivity index (χ2n) is 7.34. The second-order valence-corrected chi connectivity index (χ2v) is 7.34. The first-order chi connectivity index (χ1) is 12.2. The van der Waals surface area contributed by atoms with Gasteiger partial charge in [0.25, 0.3) is 0 Å². The molecule has 2 N–H and O–H groups in total. The predicted molar refractivity (Wildman–Crippen MR) is 114 cm³/mol. The van der Waals surface area contributed by atoms with Crippen molar-refractivity contribution < 1.29 is 9.53 Å². The molecule has 1 saturated carbocycles. The molecule has 2 saturated heterocycles. The molecule has 7 nitrogen and oxygen atoms in total. The summed E-state index contributed by atoms with van der Waals surface area (Å²) < 4.78 is 5.33. The molecule has 1 aliphatic carbocycles. The minimum absolute atomic E-state index is 0. The van der Waals surface area contributed by atoms with E-state index in [9.17, 15) is 4.79 Å². The monoisotopic (exact) mass is 479 g/mol. The maximum Gasteiger partial charge on any atom is 0.225 e. The molecule has 3 rings (SSSR count). The Morgan fingerprint density at radius 1 is 0.962 bits per heavy atom. The van der Waals surface area contributed by atoms with Crippen molar-refractivity contribution in [2.75, 3.05) is 65.6 Å². The van der Waals surface area contributed by atoms with Crippen LogP contribution in [-0.4, -0.2) is 92.1 Å². The SMILES string of the molecule is I.NC(=NCCN1CCN(C(=O)C2CCCCC2)CC1)N1CCOCC1. The molecule has 0 unspecified atom stereocenters. The Balaban J connectivity index is 0.00000243. The third-order valence-corrected chi connectivity index (χ3v) is 5.66. The topological polar surface area (TPSA) is 74.4 Å². The number of aliphatic imine (C=N–C) groups is 1. The van der Waals surface area contributed by atoms with Crippen molar-refractivity contribution >= 4 is 35.8 Å². The number of nitrogens with zero attached hydrogens (tertiary/aromatic N) is 4. The molecular weight excluding hydrogens is 445 g/mol. The summed E-state index contributed by atoms with van der Waals surface area (Å²) in [5, 5.41) is 0. The Morgan fingerprint density at radius 3 is 2.27 bits per heavy atom. The summed E-state index contributed by atoms with van der Waals surface area (Å²) in [7, 11) is 0. The van der Waals surface area contributed by atoms with Crippen molar-refractivity contribution in [3.63, 3.8) is 0 Å². The van der Waals surface area contributed by atoms with Crippen LogP contribution in [-0.2, 0) is 9.53 Å². The Labute approximate surface area is 174 Å². The van der Waals surface area contributed by atoms with Crippen LogP contribution in [0.2, 0.25) is 0 Å². The highest BCUT2D eigenvalue weighted by Crippen LogP contribution is 2.25. The molecule has 3 aliphatic rings. The molecule has 0 atom stereocenters. The van der Waals surface area contributed by atoms with Crippen LogP contribution in [0.15, 0.2) is 4.99 Å². The highest BCUT2D eigenvalue weighted by atomic mass is 127. The number of carbonyl (C=O) groups excluding carboxylic acids is 1. The smallest absolute Gasteiger partial charge is 0.225 e. The Morgan fingerprint density at radius 2 is 1.62 bits per heavy atom. The van der Waals surface area contributed by atoms with E-state index in [2.05, 4.69) is 19.7 Å². The van der Waals surface area contributed by atoms with Gasteiger partial charge in [-0.2, -0.15) is 0 Å². The summed E-state index contributed by atoms with van der Waals surface area (Å²) in [5.41, 5.74) is 6.06. The number of halogens is 1. The van der Waals surface area contributed by atoms with Gasteiger partial charge in [-0.05, 0) is 12.8 Å². The Kier molecular flexibility index (Phi) is 9.41. The molecule has 0 spiro atoms. The molecule has 150 valence electrons. The Hall–Kier alpha value is -0.610. The van der Waals surface area contributed by atoms with E-state index in [4.69, 9.17) is 10.5 Å². The van der Waals surface area contributed by atoms with Crippen LogP contribution < -0.4 is 5.73 Å². The largest absolute Gasteiger partial charge is 0.378 e. The maximum atomic E-state index is 12.6. The third-order valence-electron chi connectivity index (χ3n) is 5.66. The molecule has 0 radical (unpaired) electrons.